The molecular formula is C23H34N4O. The van der Waals surface area contributed by atoms with Gasteiger partial charge in [0, 0.05) is 49.8 Å². The first kappa shape index (κ1) is 20.9. The van der Waals surface area contributed by atoms with E-state index in [2.05, 4.69) is 41.3 Å². The number of nitrogens with two attached hydrogens (primary N) is 1. The molecule has 0 spiro atoms. The zero-order valence-electron chi connectivity index (χ0n) is 17.5. The highest BCUT2D eigenvalue weighted by Crippen LogP contribution is 2.45. The van der Waals surface area contributed by atoms with E-state index in [9.17, 15) is 0 Å². The van der Waals surface area contributed by atoms with Crippen molar-refractivity contribution in [2.45, 2.75) is 70.6 Å². The number of hydrogen-bond donors (Lipinski definition) is 2. The summed E-state index contributed by atoms with van der Waals surface area (Å²) in [5.74, 6) is 0. The number of nitrogens with zero attached hydrogens (tertiary/aromatic N) is 2. The zero-order chi connectivity index (χ0) is 20.0. The SMILES string of the molecule is COC1(c2cccnc2CNC(CCCN)Cc2ncc(C)cc2C)CCC1. The Morgan fingerprint density at radius 1 is 1.25 bits per heavy atom. The smallest absolute Gasteiger partial charge is 0.0945 e. The molecule has 0 saturated heterocycles. The number of aromatic nitrogens is 2. The van der Waals surface area contributed by atoms with Crippen LogP contribution in [0.25, 0.3) is 0 Å². The highest BCUT2D eigenvalue weighted by atomic mass is 16.5. The second-order valence-corrected chi connectivity index (χ2v) is 8.04. The third-order valence-corrected chi connectivity index (χ3v) is 6.01. The number of ether oxygens (including phenoxy) is 1. The van der Waals surface area contributed by atoms with Crippen molar-refractivity contribution >= 4 is 0 Å². The molecule has 5 heteroatoms. The van der Waals surface area contributed by atoms with Crippen LogP contribution in [0, 0.1) is 13.8 Å². The van der Waals surface area contributed by atoms with Gasteiger partial charge in [0.05, 0.1) is 11.3 Å². The Labute approximate surface area is 169 Å². The second kappa shape index (κ2) is 9.59. The number of nitrogens with one attached hydrogen (secondary N) is 1. The summed E-state index contributed by atoms with van der Waals surface area (Å²) in [5, 5.41) is 3.73. The number of pyridine rings is 2. The largest absolute Gasteiger partial charge is 0.373 e. The van der Waals surface area contributed by atoms with Gasteiger partial charge in [-0.2, -0.15) is 0 Å². The molecule has 28 heavy (non-hydrogen) atoms. The van der Waals surface area contributed by atoms with Crippen molar-refractivity contribution in [2.24, 2.45) is 5.73 Å². The van der Waals surface area contributed by atoms with Crippen molar-refractivity contribution in [1.29, 1.82) is 0 Å². The minimum atomic E-state index is -0.146. The molecular weight excluding hydrogens is 348 g/mol. The van der Waals surface area contributed by atoms with Crippen LogP contribution >= 0.6 is 0 Å². The molecule has 0 amide bonds. The molecule has 2 aromatic rings. The van der Waals surface area contributed by atoms with Gasteiger partial charge in [-0.1, -0.05) is 12.1 Å². The van der Waals surface area contributed by atoms with Crippen LogP contribution in [0.2, 0.25) is 0 Å². The summed E-state index contributed by atoms with van der Waals surface area (Å²) in [5.41, 5.74) is 11.6. The lowest BCUT2D eigenvalue weighted by Gasteiger charge is -2.41. The van der Waals surface area contributed by atoms with Crippen molar-refractivity contribution in [2.75, 3.05) is 13.7 Å². The number of methoxy groups -OCH3 is 1. The molecule has 3 rings (SSSR count). The molecule has 0 aliphatic heterocycles. The first-order valence-electron chi connectivity index (χ1n) is 10.4. The first-order valence-corrected chi connectivity index (χ1v) is 10.4. The predicted molar refractivity (Wildman–Crippen MR) is 113 cm³/mol. The van der Waals surface area contributed by atoms with E-state index in [0.29, 0.717) is 12.6 Å². The fraction of sp³-hybridized carbons (Fsp3) is 0.565. The van der Waals surface area contributed by atoms with Crippen LogP contribution in [0.15, 0.2) is 30.6 Å². The normalized spacial score (nSPS) is 16.6. The van der Waals surface area contributed by atoms with Gasteiger partial charge >= 0.3 is 0 Å². The summed E-state index contributed by atoms with van der Waals surface area (Å²) in [6.07, 6.45) is 10.1. The standard InChI is InChI=1S/C23H34N4O/c1-17-13-18(2)21(27-15-17)14-19(7-4-11-24)26-16-22-20(8-5-12-25-22)23(28-3)9-6-10-23/h5,8,12-13,15,19,26H,4,6-7,9-11,14,16,24H2,1-3H3. The molecule has 0 bridgehead atoms. The highest BCUT2D eigenvalue weighted by Gasteiger charge is 2.40. The quantitative estimate of drug-likeness (QED) is 0.657. The Bertz CT molecular complexity index is 767. The second-order valence-electron chi connectivity index (χ2n) is 8.04. The number of rotatable bonds is 10. The molecule has 1 aliphatic carbocycles. The maximum atomic E-state index is 5.90. The minimum absolute atomic E-state index is 0.146. The molecule has 2 heterocycles. The summed E-state index contributed by atoms with van der Waals surface area (Å²) in [6.45, 7) is 5.68. The van der Waals surface area contributed by atoms with Gasteiger partial charge in [-0.3, -0.25) is 9.97 Å². The minimum Gasteiger partial charge on any atom is -0.373 e. The Morgan fingerprint density at radius 3 is 2.71 bits per heavy atom. The molecule has 1 fully saturated rings. The Hall–Kier alpha value is -1.82. The summed E-state index contributed by atoms with van der Waals surface area (Å²) in [7, 11) is 1.82. The topological polar surface area (TPSA) is 73.1 Å². The lowest BCUT2D eigenvalue weighted by molar-refractivity contribution is -0.0788. The van der Waals surface area contributed by atoms with Crippen LogP contribution in [0.4, 0.5) is 0 Å². The third kappa shape index (κ3) is 4.77. The Morgan fingerprint density at radius 2 is 2.07 bits per heavy atom. The van der Waals surface area contributed by atoms with E-state index in [-0.39, 0.29) is 5.60 Å². The molecule has 152 valence electrons. The van der Waals surface area contributed by atoms with E-state index in [1.807, 2.05) is 25.6 Å². The lowest BCUT2D eigenvalue weighted by Crippen LogP contribution is -2.39. The fourth-order valence-electron chi connectivity index (χ4n) is 4.15. The average molecular weight is 383 g/mol. The number of aryl methyl sites for hydroxylation is 2. The monoisotopic (exact) mass is 382 g/mol. The first-order chi connectivity index (χ1) is 13.6. The van der Waals surface area contributed by atoms with Crippen molar-refractivity contribution in [1.82, 2.24) is 15.3 Å². The molecule has 0 radical (unpaired) electrons. The predicted octanol–water partition coefficient (Wildman–Crippen LogP) is 3.56. The van der Waals surface area contributed by atoms with Gasteiger partial charge in [-0.15, -0.1) is 0 Å². The summed E-state index contributed by atoms with van der Waals surface area (Å²) in [4.78, 5) is 9.35. The van der Waals surface area contributed by atoms with E-state index in [4.69, 9.17) is 10.5 Å². The summed E-state index contributed by atoms with van der Waals surface area (Å²) in [6, 6.07) is 6.72. The van der Waals surface area contributed by atoms with E-state index < -0.39 is 0 Å². The molecule has 2 aromatic heterocycles. The van der Waals surface area contributed by atoms with E-state index in [0.717, 1.165) is 50.0 Å². The van der Waals surface area contributed by atoms with Gasteiger partial charge in [0.15, 0.2) is 0 Å². The van der Waals surface area contributed by atoms with Gasteiger partial charge in [-0.05, 0) is 69.7 Å². The van der Waals surface area contributed by atoms with Crippen molar-refractivity contribution in [3.8, 4) is 0 Å². The van der Waals surface area contributed by atoms with Crippen LogP contribution < -0.4 is 11.1 Å². The van der Waals surface area contributed by atoms with Crippen molar-refractivity contribution < 1.29 is 4.74 Å². The molecule has 1 aliphatic rings. The van der Waals surface area contributed by atoms with E-state index in [1.54, 1.807) is 0 Å². The van der Waals surface area contributed by atoms with Gasteiger partial charge in [-0.25, -0.2) is 0 Å². The lowest BCUT2D eigenvalue weighted by atomic mass is 9.74. The van der Waals surface area contributed by atoms with Crippen LogP contribution in [0.3, 0.4) is 0 Å². The maximum Gasteiger partial charge on any atom is 0.0945 e. The van der Waals surface area contributed by atoms with Gasteiger partial charge in [0.1, 0.15) is 0 Å². The van der Waals surface area contributed by atoms with Gasteiger partial charge in [0.2, 0.25) is 0 Å². The van der Waals surface area contributed by atoms with Gasteiger partial charge in [0.25, 0.3) is 0 Å². The molecule has 1 atom stereocenters. The fourth-order valence-corrected chi connectivity index (χ4v) is 4.15. The van der Waals surface area contributed by atoms with Crippen LogP contribution in [-0.2, 0) is 23.3 Å². The Kier molecular flexibility index (Phi) is 7.16. The van der Waals surface area contributed by atoms with E-state index >= 15 is 0 Å². The summed E-state index contributed by atoms with van der Waals surface area (Å²) >= 11 is 0. The third-order valence-electron chi connectivity index (χ3n) is 6.01. The van der Waals surface area contributed by atoms with Crippen LogP contribution in [0.1, 0.15) is 60.2 Å². The molecule has 0 aromatic carbocycles. The van der Waals surface area contributed by atoms with Crippen LogP contribution in [0.5, 0.6) is 0 Å². The Balaban J connectivity index is 1.72. The van der Waals surface area contributed by atoms with Gasteiger partial charge < -0.3 is 15.8 Å². The van der Waals surface area contributed by atoms with Crippen molar-refractivity contribution in [3.63, 3.8) is 0 Å². The maximum absolute atomic E-state index is 5.90. The average Bonchev–Trinajstić information content (AvgIpc) is 2.66. The summed E-state index contributed by atoms with van der Waals surface area (Å²) < 4.78 is 5.90. The van der Waals surface area contributed by atoms with Crippen LogP contribution in [-0.4, -0.2) is 29.7 Å². The zero-order valence-corrected chi connectivity index (χ0v) is 17.5. The molecule has 1 unspecified atom stereocenters. The highest BCUT2D eigenvalue weighted by molar-refractivity contribution is 5.29. The molecule has 3 N–H and O–H groups in total. The molecule has 5 nitrogen and oxygen atoms in total. The van der Waals surface area contributed by atoms with Crippen molar-refractivity contribution in [3.05, 3.63) is 58.7 Å². The molecule has 1 saturated carbocycles. The number of hydrogen-bond acceptors (Lipinski definition) is 5. The van der Waals surface area contributed by atoms with E-state index in [1.165, 1.54) is 23.1 Å².